The number of halogens is 1. The van der Waals surface area contributed by atoms with Crippen LogP contribution in [0.3, 0.4) is 0 Å². The predicted octanol–water partition coefficient (Wildman–Crippen LogP) is 4.90. The molecule has 0 amide bonds. The van der Waals surface area contributed by atoms with E-state index in [9.17, 15) is 9.59 Å². The lowest BCUT2D eigenvalue weighted by Gasteiger charge is -2.31. The fraction of sp³-hybridized carbons (Fsp3) is 0.391. The van der Waals surface area contributed by atoms with Crippen molar-refractivity contribution in [1.82, 2.24) is 4.90 Å². The molecule has 1 heterocycles. The van der Waals surface area contributed by atoms with Gasteiger partial charge in [0.25, 0.3) is 0 Å². The van der Waals surface area contributed by atoms with E-state index < -0.39 is 0 Å². The van der Waals surface area contributed by atoms with E-state index in [4.69, 9.17) is 4.74 Å². The summed E-state index contributed by atoms with van der Waals surface area (Å²) in [6.07, 6.45) is 2.68. The molecule has 0 radical (unpaired) electrons. The molecule has 2 aromatic carbocycles. The highest BCUT2D eigenvalue weighted by atomic mass is 79.9. The number of ketones is 2. The Hall–Kier alpha value is -1.98. The Morgan fingerprint density at radius 2 is 1.68 bits per heavy atom. The Balaban J connectivity index is 1.37. The number of ether oxygens (including phenoxy) is 1. The Morgan fingerprint density at radius 3 is 2.29 bits per heavy atom. The number of piperidine rings is 1. The van der Waals surface area contributed by atoms with Crippen LogP contribution in [0.25, 0.3) is 0 Å². The van der Waals surface area contributed by atoms with Crippen molar-refractivity contribution in [1.29, 1.82) is 0 Å². The van der Waals surface area contributed by atoms with E-state index in [1.54, 1.807) is 24.3 Å². The van der Waals surface area contributed by atoms with E-state index >= 15 is 0 Å². The Morgan fingerprint density at radius 1 is 1.04 bits per heavy atom. The third kappa shape index (κ3) is 6.28. The third-order valence-corrected chi connectivity index (χ3v) is 5.73. The van der Waals surface area contributed by atoms with E-state index in [2.05, 4.69) is 45.1 Å². The molecule has 0 aromatic heterocycles. The SMILES string of the molecule is CC(=O)c1ccc(OCC(=O)CC2CCN(Cc3ccc(Br)cc3)CC2)cc1. The van der Waals surface area contributed by atoms with Gasteiger partial charge < -0.3 is 4.74 Å². The van der Waals surface area contributed by atoms with Crippen LogP contribution in [0.1, 0.15) is 42.1 Å². The minimum absolute atomic E-state index is 0.0223. The minimum atomic E-state index is 0.0223. The van der Waals surface area contributed by atoms with E-state index in [1.807, 2.05) is 0 Å². The average molecular weight is 444 g/mol. The van der Waals surface area contributed by atoms with Crippen LogP contribution in [0.4, 0.5) is 0 Å². The second kappa shape index (κ2) is 9.99. The number of Topliss-reactive ketones (excluding diaryl/α,β-unsaturated/α-hetero) is 2. The summed E-state index contributed by atoms with van der Waals surface area (Å²) in [5.74, 6) is 1.23. The molecule has 0 unspecified atom stereocenters. The molecule has 3 rings (SSSR count). The molecular weight excluding hydrogens is 418 g/mol. The molecular formula is C23H26BrNO3. The van der Waals surface area contributed by atoms with Crippen LogP contribution in [0.5, 0.6) is 5.75 Å². The normalized spacial score (nSPS) is 15.4. The minimum Gasteiger partial charge on any atom is -0.486 e. The molecule has 5 heteroatoms. The lowest BCUT2D eigenvalue weighted by atomic mass is 9.91. The molecule has 0 bridgehead atoms. The first-order chi connectivity index (χ1) is 13.5. The summed E-state index contributed by atoms with van der Waals surface area (Å²) < 4.78 is 6.68. The molecule has 0 atom stereocenters. The van der Waals surface area contributed by atoms with Gasteiger partial charge in [-0.25, -0.2) is 0 Å². The highest BCUT2D eigenvalue weighted by Gasteiger charge is 2.21. The molecule has 1 aliphatic heterocycles. The van der Waals surface area contributed by atoms with Crippen molar-refractivity contribution >= 4 is 27.5 Å². The molecule has 1 fully saturated rings. The molecule has 2 aromatic rings. The van der Waals surface area contributed by atoms with E-state index in [0.717, 1.165) is 36.9 Å². The lowest BCUT2D eigenvalue weighted by molar-refractivity contribution is -0.122. The fourth-order valence-electron chi connectivity index (χ4n) is 3.53. The van der Waals surface area contributed by atoms with Crippen molar-refractivity contribution in [3.63, 3.8) is 0 Å². The van der Waals surface area contributed by atoms with Gasteiger partial charge in [0.05, 0.1) is 0 Å². The largest absolute Gasteiger partial charge is 0.486 e. The average Bonchev–Trinajstić information content (AvgIpc) is 2.70. The monoisotopic (exact) mass is 443 g/mol. The van der Waals surface area contributed by atoms with Gasteiger partial charge in [0.1, 0.15) is 12.4 Å². The second-order valence-corrected chi connectivity index (χ2v) is 8.37. The standard InChI is InChI=1S/C23H26BrNO3/c1-17(26)20-4-8-23(9-5-20)28-16-22(27)14-18-10-12-25(13-11-18)15-19-2-6-21(24)7-3-19/h2-9,18H,10-16H2,1H3. The highest BCUT2D eigenvalue weighted by molar-refractivity contribution is 9.10. The van der Waals surface area contributed by atoms with Crippen molar-refractivity contribution in [2.24, 2.45) is 5.92 Å². The van der Waals surface area contributed by atoms with E-state index in [-0.39, 0.29) is 18.2 Å². The van der Waals surface area contributed by atoms with Gasteiger partial charge in [-0.1, -0.05) is 28.1 Å². The van der Waals surface area contributed by atoms with Crippen LogP contribution in [0.2, 0.25) is 0 Å². The zero-order valence-electron chi connectivity index (χ0n) is 16.2. The number of hydrogen-bond donors (Lipinski definition) is 0. The second-order valence-electron chi connectivity index (χ2n) is 7.46. The molecule has 4 nitrogen and oxygen atoms in total. The number of hydrogen-bond acceptors (Lipinski definition) is 4. The third-order valence-electron chi connectivity index (χ3n) is 5.20. The van der Waals surface area contributed by atoms with Crippen LogP contribution in [0.15, 0.2) is 53.0 Å². The van der Waals surface area contributed by atoms with Crippen LogP contribution in [-0.4, -0.2) is 36.2 Å². The van der Waals surface area contributed by atoms with Gasteiger partial charge in [-0.3, -0.25) is 14.5 Å². The van der Waals surface area contributed by atoms with Crippen LogP contribution < -0.4 is 4.74 Å². The smallest absolute Gasteiger partial charge is 0.170 e. The van der Waals surface area contributed by atoms with Crippen molar-refractivity contribution in [2.75, 3.05) is 19.7 Å². The highest BCUT2D eigenvalue weighted by Crippen LogP contribution is 2.23. The molecule has 148 valence electrons. The maximum atomic E-state index is 12.3. The summed E-state index contributed by atoms with van der Waals surface area (Å²) >= 11 is 3.47. The van der Waals surface area contributed by atoms with Gasteiger partial charge in [0, 0.05) is 23.0 Å². The predicted molar refractivity (Wildman–Crippen MR) is 114 cm³/mol. The van der Waals surface area contributed by atoms with Crippen molar-refractivity contribution < 1.29 is 14.3 Å². The first-order valence-electron chi connectivity index (χ1n) is 9.72. The van der Waals surface area contributed by atoms with Gasteiger partial charge >= 0.3 is 0 Å². The van der Waals surface area contributed by atoms with Gasteiger partial charge in [0.2, 0.25) is 0 Å². The molecule has 0 aliphatic carbocycles. The summed E-state index contributed by atoms with van der Waals surface area (Å²) in [4.78, 5) is 26.0. The molecule has 1 aliphatic rings. The Bertz CT molecular complexity index is 794. The summed E-state index contributed by atoms with van der Waals surface area (Å²) in [6, 6.07) is 15.4. The van der Waals surface area contributed by atoms with Gasteiger partial charge in [0.15, 0.2) is 11.6 Å². The van der Waals surface area contributed by atoms with Gasteiger partial charge in [-0.05, 0) is 80.7 Å². The number of likely N-dealkylation sites (tertiary alicyclic amines) is 1. The number of rotatable bonds is 8. The number of carbonyl (C=O) groups is 2. The first-order valence-corrected chi connectivity index (χ1v) is 10.5. The number of carbonyl (C=O) groups excluding carboxylic acids is 2. The number of nitrogens with zero attached hydrogens (tertiary/aromatic N) is 1. The molecule has 1 saturated heterocycles. The fourth-order valence-corrected chi connectivity index (χ4v) is 3.79. The Kier molecular flexibility index (Phi) is 7.40. The summed E-state index contributed by atoms with van der Waals surface area (Å²) in [7, 11) is 0. The van der Waals surface area contributed by atoms with Crippen molar-refractivity contribution in [2.45, 2.75) is 32.7 Å². The zero-order valence-corrected chi connectivity index (χ0v) is 17.8. The maximum absolute atomic E-state index is 12.3. The molecule has 0 N–H and O–H groups in total. The molecule has 0 saturated carbocycles. The quantitative estimate of drug-likeness (QED) is 0.544. The van der Waals surface area contributed by atoms with Gasteiger partial charge in [-0.15, -0.1) is 0 Å². The molecule has 0 spiro atoms. The van der Waals surface area contributed by atoms with Crippen LogP contribution in [-0.2, 0) is 11.3 Å². The first kappa shape index (κ1) is 20.7. The Labute approximate surface area is 175 Å². The lowest BCUT2D eigenvalue weighted by Crippen LogP contribution is -2.34. The molecule has 28 heavy (non-hydrogen) atoms. The zero-order chi connectivity index (χ0) is 19.9. The van der Waals surface area contributed by atoms with Crippen LogP contribution in [0, 0.1) is 5.92 Å². The maximum Gasteiger partial charge on any atom is 0.170 e. The summed E-state index contributed by atoms with van der Waals surface area (Å²) in [5.41, 5.74) is 1.97. The number of benzene rings is 2. The van der Waals surface area contributed by atoms with E-state index in [0.29, 0.717) is 23.7 Å². The topological polar surface area (TPSA) is 46.6 Å². The van der Waals surface area contributed by atoms with Gasteiger partial charge in [-0.2, -0.15) is 0 Å². The van der Waals surface area contributed by atoms with Crippen molar-refractivity contribution in [3.8, 4) is 5.75 Å². The summed E-state index contributed by atoms with van der Waals surface area (Å²) in [6.45, 7) is 4.65. The van der Waals surface area contributed by atoms with Crippen molar-refractivity contribution in [3.05, 3.63) is 64.1 Å². The summed E-state index contributed by atoms with van der Waals surface area (Å²) in [5, 5.41) is 0. The van der Waals surface area contributed by atoms with E-state index in [1.165, 1.54) is 12.5 Å². The van der Waals surface area contributed by atoms with Crippen LogP contribution >= 0.6 is 15.9 Å².